The molecule has 0 saturated carbocycles. The van der Waals surface area contributed by atoms with Crippen molar-refractivity contribution >= 4 is 93.7 Å². The van der Waals surface area contributed by atoms with Gasteiger partial charge < -0.3 is 0 Å². The highest BCUT2D eigenvalue weighted by atomic mass is 31.2. The van der Waals surface area contributed by atoms with Crippen LogP contribution in [0.2, 0.25) is 0 Å². The van der Waals surface area contributed by atoms with Crippen LogP contribution in [-0.2, 0) is 0 Å². The van der Waals surface area contributed by atoms with Gasteiger partial charge in [-0.15, -0.1) is 0 Å². The molecule has 0 aromatic heterocycles. The van der Waals surface area contributed by atoms with Gasteiger partial charge in [0.15, 0.2) is 0 Å². The Kier molecular flexibility index (Phi) is 4.94. The van der Waals surface area contributed by atoms with Gasteiger partial charge in [0, 0.05) is 12.1 Å². The van der Waals surface area contributed by atoms with Crippen molar-refractivity contribution in [1.82, 2.24) is 0 Å². The number of hydrogen-bond donors (Lipinski definition) is 0. The molecule has 0 N–H and O–H groups in total. The van der Waals surface area contributed by atoms with Crippen LogP contribution in [-0.4, -0.2) is 6.30 Å². The standard InChI is InChI=1S/C39H22F3P/c1-43(39-31(41)20-28(40)21-32(39)42,33-18-14-26-10-8-22-4-2-6-24-12-16-29(33)37(26)35(22)24)34-19-15-27-11-9-23-5-3-7-25-13-17-30(34)38(27)36(23)25/h2-21H,1H2. The summed E-state index contributed by atoms with van der Waals surface area (Å²) in [5.74, 6) is -2.79. The lowest BCUT2D eigenvalue weighted by molar-refractivity contribution is 0.554. The first-order valence-corrected chi connectivity index (χ1v) is 16.1. The molecule has 0 radical (unpaired) electrons. The summed E-state index contributed by atoms with van der Waals surface area (Å²) in [5, 5.41) is 14.0. The van der Waals surface area contributed by atoms with Crippen LogP contribution in [0.15, 0.2) is 121 Å². The third-order valence-corrected chi connectivity index (χ3v) is 12.8. The maximum atomic E-state index is 16.1. The van der Waals surface area contributed by atoms with E-state index in [1.54, 1.807) is 0 Å². The van der Waals surface area contributed by atoms with Crippen molar-refractivity contribution in [3.63, 3.8) is 0 Å². The molecule has 0 spiro atoms. The molecule has 0 aliphatic heterocycles. The number of rotatable bonds is 3. The molecule has 9 aromatic carbocycles. The second-order valence-electron chi connectivity index (χ2n) is 11.4. The second kappa shape index (κ2) is 8.60. The smallest absolute Gasteiger partial charge is 0.137 e. The maximum Gasteiger partial charge on any atom is 0.137 e. The zero-order valence-corrected chi connectivity index (χ0v) is 23.7. The van der Waals surface area contributed by atoms with Crippen LogP contribution in [0.5, 0.6) is 0 Å². The van der Waals surface area contributed by atoms with E-state index in [9.17, 15) is 4.39 Å². The predicted octanol–water partition coefficient (Wildman–Crippen LogP) is 9.62. The molecule has 0 fully saturated rings. The van der Waals surface area contributed by atoms with E-state index in [0.29, 0.717) is 0 Å². The van der Waals surface area contributed by atoms with Crippen LogP contribution >= 0.6 is 6.89 Å². The van der Waals surface area contributed by atoms with E-state index in [4.69, 9.17) is 6.30 Å². The normalized spacial score (nSPS) is 12.6. The Morgan fingerprint density at radius 2 is 0.767 bits per heavy atom. The van der Waals surface area contributed by atoms with Gasteiger partial charge in [-0.2, -0.15) is 0 Å². The summed E-state index contributed by atoms with van der Waals surface area (Å²) in [6, 6.07) is 38.6. The van der Waals surface area contributed by atoms with Gasteiger partial charge in [0.2, 0.25) is 0 Å². The third kappa shape index (κ3) is 3.23. The monoisotopic (exact) mass is 578 g/mol. The van der Waals surface area contributed by atoms with E-state index < -0.39 is 24.3 Å². The lowest BCUT2D eigenvalue weighted by Gasteiger charge is -2.31. The minimum absolute atomic E-state index is 0.168. The first-order chi connectivity index (χ1) is 20.9. The van der Waals surface area contributed by atoms with Gasteiger partial charge in [0.1, 0.15) is 17.5 Å². The van der Waals surface area contributed by atoms with Gasteiger partial charge in [-0.25, -0.2) is 13.2 Å². The van der Waals surface area contributed by atoms with E-state index in [-0.39, 0.29) is 5.30 Å². The Balaban J connectivity index is 1.49. The third-order valence-electron chi connectivity index (χ3n) is 9.20. The predicted molar refractivity (Wildman–Crippen MR) is 180 cm³/mol. The highest BCUT2D eigenvalue weighted by Gasteiger charge is 2.33. The Morgan fingerprint density at radius 3 is 1.19 bits per heavy atom. The molecule has 0 nitrogen and oxygen atoms in total. The Hall–Kier alpha value is -4.85. The first-order valence-electron chi connectivity index (χ1n) is 14.2. The summed E-state index contributed by atoms with van der Waals surface area (Å²) in [7, 11) is 0. The van der Waals surface area contributed by atoms with Crippen LogP contribution in [0.4, 0.5) is 13.2 Å². The molecule has 204 valence electrons. The molecule has 9 rings (SSSR count). The van der Waals surface area contributed by atoms with Gasteiger partial charge >= 0.3 is 0 Å². The fourth-order valence-electron chi connectivity index (χ4n) is 7.38. The minimum Gasteiger partial charge on any atom is -0.207 e. The summed E-state index contributed by atoms with van der Waals surface area (Å²) in [4.78, 5) is 0. The minimum atomic E-state index is -3.31. The van der Waals surface area contributed by atoms with Crippen molar-refractivity contribution in [2.75, 3.05) is 0 Å². The fourth-order valence-corrected chi connectivity index (χ4v) is 10.8. The Labute approximate surface area is 245 Å². The summed E-state index contributed by atoms with van der Waals surface area (Å²) in [5.41, 5.74) is 0. The highest BCUT2D eigenvalue weighted by molar-refractivity contribution is 7.94. The molecule has 0 unspecified atom stereocenters. The molecule has 9 aromatic rings. The highest BCUT2D eigenvalue weighted by Crippen LogP contribution is 2.50. The molecular weight excluding hydrogens is 556 g/mol. The average Bonchev–Trinajstić information content (AvgIpc) is 3.01. The molecule has 0 aliphatic rings. The van der Waals surface area contributed by atoms with Crippen molar-refractivity contribution in [3.8, 4) is 0 Å². The van der Waals surface area contributed by atoms with E-state index in [1.165, 1.54) is 0 Å². The molecule has 0 atom stereocenters. The van der Waals surface area contributed by atoms with E-state index in [2.05, 4.69) is 72.8 Å². The van der Waals surface area contributed by atoms with Crippen molar-refractivity contribution in [2.24, 2.45) is 0 Å². The zero-order chi connectivity index (χ0) is 29.0. The molecule has 0 aliphatic carbocycles. The van der Waals surface area contributed by atoms with Crippen molar-refractivity contribution in [2.45, 2.75) is 0 Å². The Bertz CT molecular complexity index is 2430. The maximum absolute atomic E-state index is 16.1. The molecule has 0 bridgehead atoms. The van der Waals surface area contributed by atoms with Crippen molar-refractivity contribution in [1.29, 1.82) is 0 Å². The van der Waals surface area contributed by atoms with Crippen molar-refractivity contribution < 1.29 is 13.2 Å². The number of halogens is 3. The van der Waals surface area contributed by atoms with E-state index >= 15 is 8.78 Å². The molecule has 0 heterocycles. The van der Waals surface area contributed by atoms with Gasteiger partial charge in [-0.1, -0.05) is 115 Å². The van der Waals surface area contributed by atoms with Crippen LogP contribution in [0.3, 0.4) is 0 Å². The van der Waals surface area contributed by atoms with Gasteiger partial charge in [0.25, 0.3) is 0 Å². The van der Waals surface area contributed by atoms with Crippen LogP contribution in [0.25, 0.3) is 64.6 Å². The van der Waals surface area contributed by atoms with Gasteiger partial charge in [-0.05, 0) is 82.1 Å². The van der Waals surface area contributed by atoms with Gasteiger partial charge in [-0.3, -0.25) is 0 Å². The average molecular weight is 579 g/mol. The second-order valence-corrected chi connectivity index (χ2v) is 14.4. The topological polar surface area (TPSA) is 0 Å². The molecular formula is C39H22F3P. The largest absolute Gasteiger partial charge is 0.207 e. The summed E-state index contributed by atoms with van der Waals surface area (Å²) >= 11 is 0. The fraction of sp³-hybridized carbons (Fsp3) is 0. The lowest BCUT2D eigenvalue weighted by atomic mass is 9.94. The summed E-state index contributed by atoms with van der Waals surface area (Å²) in [6.07, 6.45) is 4.80. The number of hydrogen-bond acceptors (Lipinski definition) is 0. The zero-order valence-electron chi connectivity index (χ0n) is 22.8. The number of benzene rings is 9. The molecule has 4 heteroatoms. The first kappa shape index (κ1) is 24.7. The lowest BCUT2D eigenvalue weighted by Crippen LogP contribution is -2.31. The van der Waals surface area contributed by atoms with Crippen LogP contribution < -0.4 is 15.9 Å². The van der Waals surface area contributed by atoms with E-state index in [0.717, 1.165) is 87.4 Å². The van der Waals surface area contributed by atoms with Gasteiger partial charge in [0.05, 0.1) is 5.30 Å². The molecule has 43 heavy (non-hydrogen) atoms. The van der Waals surface area contributed by atoms with Crippen LogP contribution in [0, 0.1) is 17.5 Å². The van der Waals surface area contributed by atoms with Crippen molar-refractivity contribution in [3.05, 3.63) is 139 Å². The molecule has 0 saturated heterocycles. The summed E-state index contributed by atoms with van der Waals surface area (Å²) in [6.45, 7) is -3.31. The Morgan fingerprint density at radius 1 is 0.419 bits per heavy atom. The quantitative estimate of drug-likeness (QED) is 0.145. The van der Waals surface area contributed by atoms with Crippen LogP contribution in [0.1, 0.15) is 0 Å². The molecule has 0 amide bonds. The summed E-state index contributed by atoms with van der Waals surface area (Å²) < 4.78 is 46.5. The SMILES string of the molecule is C=P(c1c(F)cc(F)cc1F)(c1ccc2ccc3cccc4ccc1c2c34)c1ccc2ccc3cccc4ccc1c2c34. The van der Waals surface area contributed by atoms with E-state index in [1.807, 2.05) is 36.4 Å².